The van der Waals surface area contributed by atoms with Crippen molar-refractivity contribution in [3.8, 4) is 5.75 Å². The van der Waals surface area contributed by atoms with Gasteiger partial charge in [0, 0.05) is 13.1 Å². The fraction of sp³-hybridized carbons (Fsp3) is 0.310. The maximum atomic E-state index is 13.8. The second-order valence-corrected chi connectivity index (χ2v) is 11.0. The molecule has 0 aliphatic carbocycles. The first-order chi connectivity index (χ1) is 18.1. The summed E-state index contributed by atoms with van der Waals surface area (Å²) in [5.74, 6) is -0.293. The number of hydrogen-bond acceptors (Lipinski definition) is 5. The Labute approximate surface area is 225 Å². The average molecular weight is 538 g/mol. The molecule has 9 heteroatoms. The first-order valence-electron chi connectivity index (χ1n) is 12.4. The number of nitrogens with one attached hydrogen (secondary N) is 1. The minimum atomic E-state index is -4.13. The molecular weight excluding hydrogens is 502 g/mol. The lowest BCUT2D eigenvalue weighted by atomic mass is 10.1. The number of hydrogen-bond donors (Lipinski definition) is 1. The van der Waals surface area contributed by atoms with Crippen molar-refractivity contribution < 1.29 is 22.7 Å². The van der Waals surface area contributed by atoms with E-state index in [-0.39, 0.29) is 17.3 Å². The van der Waals surface area contributed by atoms with E-state index in [9.17, 15) is 18.0 Å². The molecule has 1 N–H and O–H groups in total. The average Bonchev–Trinajstić information content (AvgIpc) is 2.90. The second-order valence-electron chi connectivity index (χ2n) is 9.10. The van der Waals surface area contributed by atoms with E-state index in [1.807, 2.05) is 38.1 Å². The SMILES string of the molecule is CCNC(=O)[C@@H](C)N(Cc1cccc(C)c1)C(=O)CN(c1ccc(C)cc1)S(=O)(=O)c1ccc(OC)cc1. The van der Waals surface area contributed by atoms with Crippen LogP contribution in [0.4, 0.5) is 5.69 Å². The summed E-state index contributed by atoms with van der Waals surface area (Å²) in [5, 5.41) is 2.76. The Morgan fingerprint density at radius 1 is 0.947 bits per heavy atom. The number of sulfonamides is 1. The van der Waals surface area contributed by atoms with Crippen molar-refractivity contribution in [1.82, 2.24) is 10.2 Å². The summed E-state index contributed by atoms with van der Waals surface area (Å²) in [6.07, 6.45) is 0. The summed E-state index contributed by atoms with van der Waals surface area (Å²) >= 11 is 0. The van der Waals surface area contributed by atoms with Crippen molar-refractivity contribution >= 4 is 27.5 Å². The number of carbonyl (C=O) groups is 2. The van der Waals surface area contributed by atoms with E-state index in [1.54, 1.807) is 50.2 Å². The van der Waals surface area contributed by atoms with E-state index in [2.05, 4.69) is 5.32 Å². The molecule has 0 heterocycles. The fourth-order valence-corrected chi connectivity index (χ4v) is 5.44. The normalized spacial score (nSPS) is 11.9. The minimum absolute atomic E-state index is 0.0219. The molecule has 1 atom stereocenters. The van der Waals surface area contributed by atoms with Crippen molar-refractivity contribution in [1.29, 1.82) is 0 Å². The summed E-state index contributed by atoms with van der Waals surface area (Å²) in [4.78, 5) is 28.0. The topological polar surface area (TPSA) is 96.0 Å². The monoisotopic (exact) mass is 537 g/mol. The van der Waals surface area contributed by atoms with Crippen molar-refractivity contribution in [3.05, 3.63) is 89.5 Å². The lowest BCUT2D eigenvalue weighted by Crippen LogP contribution is -2.51. The van der Waals surface area contributed by atoms with E-state index in [1.165, 1.54) is 24.1 Å². The number of ether oxygens (including phenoxy) is 1. The zero-order chi connectivity index (χ0) is 27.9. The van der Waals surface area contributed by atoms with Crippen LogP contribution in [-0.2, 0) is 26.2 Å². The van der Waals surface area contributed by atoms with Crippen LogP contribution in [-0.4, -0.2) is 51.4 Å². The van der Waals surface area contributed by atoms with Gasteiger partial charge in [-0.1, -0.05) is 47.5 Å². The number of anilines is 1. The third kappa shape index (κ3) is 6.92. The first kappa shape index (κ1) is 28.7. The van der Waals surface area contributed by atoms with Gasteiger partial charge in [-0.3, -0.25) is 13.9 Å². The highest BCUT2D eigenvalue weighted by molar-refractivity contribution is 7.92. The molecule has 3 aromatic carbocycles. The summed E-state index contributed by atoms with van der Waals surface area (Å²) in [6.45, 7) is 7.39. The van der Waals surface area contributed by atoms with E-state index >= 15 is 0 Å². The summed E-state index contributed by atoms with van der Waals surface area (Å²) in [5.41, 5.74) is 3.16. The first-order valence-corrected chi connectivity index (χ1v) is 13.9. The Morgan fingerprint density at radius 3 is 2.18 bits per heavy atom. The number of benzene rings is 3. The molecule has 8 nitrogen and oxygen atoms in total. The molecule has 3 aromatic rings. The van der Waals surface area contributed by atoms with Crippen LogP contribution in [0.5, 0.6) is 5.75 Å². The smallest absolute Gasteiger partial charge is 0.264 e. The molecule has 0 aliphatic rings. The van der Waals surface area contributed by atoms with E-state index in [0.717, 1.165) is 21.0 Å². The molecule has 0 radical (unpaired) electrons. The second kappa shape index (κ2) is 12.6. The lowest BCUT2D eigenvalue weighted by Gasteiger charge is -2.32. The predicted octanol–water partition coefficient (Wildman–Crippen LogP) is 4.06. The molecule has 0 fully saturated rings. The Hall–Kier alpha value is -3.85. The van der Waals surface area contributed by atoms with E-state index < -0.39 is 28.5 Å². The van der Waals surface area contributed by atoms with Crippen LogP contribution in [0.15, 0.2) is 77.7 Å². The Kier molecular flexibility index (Phi) is 9.52. The van der Waals surface area contributed by atoms with Crippen LogP contribution < -0.4 is 14.4 Å². The zero-order valence-electron chi connectivity index (χ0n) is 22.5. The summed E-state index contributed by atoms with van der Waals surface area (Å²) in [7, 11) is -2.63. The summed E-state index contributed by atoms with van der Waals surface area (Å²) in [6, 6.07) is 19.8. The van der Waals surface area contributed by atoms with Gasteiger partial charge in [-0.15, -0.1) is 0 Å². The Bertz CT molecular complexity index is 1360. The molecule has 202 valence electrons. The standard InChI is InChI=1S/C29H35N3O5S/c1-6-30-29(34)23(4)31(19-24-9-7-8-22(3)18-24)28(33)20-32(25-12-10-21(2)11-13-25)38(35,36)27-16-14-26(37-5)15-17-27/h7-18,23H,6,19-20H2,1-5H3,(H,30,34)/t23-/m1/s1. The molecule has 0 saturated carbocycles. The van der Waals surface area contributed by atoms with Gasteiger partial charge in [-0.05, 0) is 69.7 Å². The quantitative estimate of drug-likeness (QED) is 0.398. The maximum absolute atomic E-state index is 13.8. The third-order valence-electron chi connectivity index (χ3n) is 6.20. The molecule has 0 spiro atoms. The van der Waals surface area contributed by atoms with Crippen LogP contribution in [0.25, 0.3) is 0 Å². The van der Waals surface area contributed by atoms with Gasteiger partial charge in [0.15, 0.2) is 0 Å². The highest BCUT2D eigenvalue weighted by Gasteiger charge is 2.32. The lowest BCUT2D eigenvalue weighted by molar-refractivity contribution is -0.139. The molecule has 0 aliphatic heterocycles. The van der Waals surface area contributed by atoms with Gasteiger partial charge in [0.1, 0.15) is 18.3 Å². The van der Waals surface area contributed by atoms with Crippen molar-refractivity contribution in [2.75, 3.05) is 24.5 Å². The van der Waals surface area contributed by atoms with Gasteiger partial charge >= 0.3 is 0 Å². The van der Waals surface area contributed by atoms with Gasteiger partial charge in [0.2, 0.25) is 11.8 Å². The largest absolute Gasteiger partial charge is 0.497 e. The van der Waals surface area contributed by atoms with Crippen LogP contribution in [0, 0.1) is 13.8 Å². The number of carbonyl (C=O) groups excluding carboxylic acids is 2. The number of rotatable bonds is 11. The predicted molar refractivity (Wildman–Crippen MR) is 149 cm³/mol. The van der Waals surface area contributed by atoms with Gasteiger partial charge in [-0.25, -0.2) is 8.42 Å². The number of methoxy groups -OCH3 is 1. The minimum Gasteiger partial charge on any atom is -0.497 e. The molecule has 0 saturated heterocycles. The molecule has 0 unspecified atom stereocenters. The van der Waals surface area contributed by atoms with Gasteiger partial charge in [0.05, 0.1) is 17.7 Å². The fourth-order valence-electron chi connectivity index (χ4n) is 4.03. The van der Waals surface area contributed by atoms with Crippen molar-refractivity contribution in [3.63, 3.8) is 0 Å². The molecule has 3 rings (SSSR count). The molecule has 38 heavy (non-hydrogen) atoms. The number of nitrogens with zero attached hydrogens (tertiary/aromatic N) is 2. The van der Waals surface area contributed by atoms with Gasteiger partial charge in [-0.2, -0.15) is 0 Å². The van der Waals surface area contributed by atoms with Crippen molar-refractivity contribution in [2.45, 2.75) is 45.2 Å². The van der Waals surface area contributed by atoms with Crippen molar-refractivity contribution in [2.24, 2.45) is 0 Å². The Morgan fingerprint density at radius 2 is 1.61 bits per heavy atom. The molecule has 2 amide bonds. The highest BCUT2D eigenvalue weighted by atomic mass is 32.2. The van der Waals surface area contributed by atoms with Gasteiger partial charge < -0.3 is 15.0 Å². The van der Waals surface area contributed by atoms with Crippen LogP contribution >= 0.6 is 0 Å². The van der Waals surface area contributed by atoms with Gasteiger partial charge in [0.25, 0.3) is 10.0 Å². The number of aryl methyl sites for hydroxylation is 2. The zero-order valence-corrected chi connectivity index (χ0v) is 23.3. The molecule has 0 aromatic heterocycles. The molecular formula is C29H35N3O5S. The number of likely N-dealkylation sites (N-methyl/N-ethyl adjacent to an activating group) is 1. The van der Waals surface area contributed by atoms with Crippen LogP contribution in [0.1, 0.15) is 30.5 Å². The van der Waals surface area contributed by atoms with E-state index in [4.69, 9.17) is 4.74 Å². The summed E-state index contributed by atoms with van der Waals surface area (Å²) < 4.78 is 33.9. The Balaban J connectivity index is 2.02. The van der Waals surface area contributed by atoms with E-state index in [0.29, 0.717) is 18.0 Å². The van der Waals surface area contributed by atoms with Crippen LogP contribution in [0.3, 0.4) is 0 Å². The maximum Gasteiger partial charge on any atom is 0.264 e. The van der Waals surface area contributed by atoms with Crippen LogP contribution in [0.2, 0.25) is 0 Å². The third-order valence-corrected chi connectivity index (χ3v) is 7.99. The highest BCUT2D eigenvalue weighted by Crippen LogP contribution is 2.26. The number of amides is 2. The molecule has 0 bridgehead atoms.